The smallest absolute Gasteiger partial charge is 0.222 e. The van der Waals surface area contributed by atoms with Crippen LogP contribution in [0.2, 0.25) is 0 Å². The van der Waals surface area contributed by atoms with Gasteiger partial charge in [-0.2, -0.15) is 0 Å². The topological polar surface area (TPSA) is 55.6 Å². The van der Waals surface area contributed by atoms with E-state index in [1.165, 1.54) is 12.0 Å². The van der Waals surface area contributed by atoms with Crippen molar-refractivity contribution < 1.29 is 9.53 Å². The summed E-state index contributed by atoms with van der Waals surface area (Å²) >= 11 is 0. The van der Waals surface area contributed by atoms with Gasteiger partial charge in [-0.1, -0.05) is 30.3 Å². The first-order chi connectivity index (χ1) is 11.2. The van der Waals surface area contributed by atoms with Crippen LogP contribution in [0.25, 0.3) is 0 Å². The third-order valence-corrected chi connectivity index (χ3v) is 4.53. The van der Waals surface area contributed by atoms with Crippen LogP contribution in [-0.4, -0.2) is 42.6 Å². The lowest BCUT2D eigenvalue weighted by Crippen LogP contribution is -2.51. The number of ether oxygens (including phenoxy) is 1. The van der Waals surface area contributed by atoms with Gasteiger partial charge in [-0.25, -0.2) is 0 Å². The summed E-state index contributed by atoms with van der Waals surface area (Å²) in [5, 5.41) is 0. The van der Waals surface area contributed by atoms with Crippen molar-refractivity contribution in [2.75, 3.05) is 19.8 Å². The summed E-state index contributed by atoms with van der Waals surface area (Å²) < 4.78 is 5.65. The Kier molecular flexibility index (Phi) is 7.56. The second kappa shape index (κ2) is 9.68. The van der Waals surface area contributed by atoms with Gasteiger partial charge in [0, 0.05) is 31.7 Å². The Bertz CT molecular complexity index is 462. The molecule has 1 aromatic rings. The van der Waals surface area contributed by atoms with Gasteiger partial charge in [0.05, 0.1) is 6.61 Å². The van der Waals surface area contributed by atoms with E-state index < -0.39 is 0 Å². The average Bonchev–Trinajstić information content (AvgIpc) is 2.58. The minimum atomic E-state index is 0.0568. The highest BCUT2D eigenvalue weighted by molar-refractivity contribution is 5.76. The van der Waals surface area contributed by atoms with Crippen LogP contribution in [0.3, 0.4) is 0 Å². The minimum Gasteiger partial charge on any atom is -0.381 e. The van der Waals surface area contributed by atoms with Crippen molar-refractivity contribution in [2.45, 2.75) is 57.5 Å². The lowest BCUT2D eigenvalue weighted by Gasteiger charge is -2.38. The van der Waals surface area contributed by atoms with Gasteiger partial charge >= 0.3 is 0 Å². The molecule has 1 aromatic carbocycles. The van der Waals surface area contributed by atoms with Gasteiger partial charge in [0.2, 0.25) is 5.91 Å². The minimum absolute atomic E-state index is 0.0568. The van der Waals surface area contributed by atoms with Crippen LogP contribution in [0.1, 0.15) is 44.6 Å². The molecule has 1 fully saturated rings. The molecule has 2 rings (SSSR count). The molecule has 0 aromatic heterocycles. The van der Waals surface area contributed by atoms with Crippen LogP contribution < -0.4 is 5.73 Å². The number of hydrogen-bond acceptors (Lipinski definition) is 3. The Balaban J connectivity index is 1.60. The number of piperidine rings is 1. The second-order valence-electron chi connectivity index (χ2n) is 6.46. The lowest BCUT2D eigenvalue weighted by atomic mass is 9.96. The van der Waals surface area contributed by atoms with Crippen LogP contribution in [0, 0.1) is 0 Å². The van der Waals surface area contributed by atoms with E-state index in [9.17, 15) is 4.79 Å². The first-order valence-corrected chi connectivity index (χ1v) is 8.85. The van der Waals surface area contributed by atoms with Crippen LogP contribution in [0.15, 0.2) is 30.3 Å². The maximum absolute atomic E-state index is 12.4. The van der Waals surface area contributed by atoms with Crippen LogP contribution in [0.5, 0.6) is 0 Å². The van der Waals surface area contributed by atoms with E-state index in [0.29, 0.717) is 19.6 Å². The number of amides is 1. The van der Waals surface area contributed by atoms with E-state index in [0.717, 1.165) is 32.2 Å². The second-order valence-corrected chi connectivity index (χ2v) is 6.46. The Morgan fingerprint density at radius 3 is 2.83 bits per heavy atom. The fourth-order valence-electron chi connectivity index (χ4n) is 3.22. The van der Waals surface area contributed by atoms with Crippen LogP contribution >= 0.6 is 0 Å². The molecule has 4 nitrogen and oxygen atoms in total. The highest BCUT2D eigenvalue weighted by atomic mass is 16.5. The van der Waals surface area contributed by atoms with Crippen molar-refractivity contribution in [1.82, 2.24) is 4.90 Å². The summed E-state index contributed by atoms with van der Waals surface area (Å²) in [6, 6.07) is 10.6. The summed E-state index contributed by atoms with van der Waals surface area (Å²) in [5.41, 5.74) is 7.31. The number of benzene rings is 1. The molecular formula is C19H30N2O2. The first kappa shape index (κ1) is 18.0. The fourth-order valence-corrected chi connectivity index (χ4v) is 3.22. The van der Waals surface area contributed by atoms with E-state index in [1.54, 1.807) is 0 Å². The molecule has 2 unspecified atom stereocenters. The number of hydrogen-bond donors (Lipinski definition) is 1. The molecule has 2 atom stereocenters. The van der Waals surface area contributed by atoms with Gasteiger partial charge in [0.25, 0.3) is 0 Å². The molecule has 4 heteroatoms. The number of nitrogens with zero attached hydrogens (tertiary/aromatic N) is 1. The van der Waals surface area contributed by atoms with Crippen molar-refractivity contribution in [1.29, 1.82) is 0 Å². The molecule has 1 saturated heterocycles. The highest BCUT2D eigenvalue weighted by Gasteiger charge is 2.28. The lowest BCUT2D eigenvalue weighted by molar-refractivity contribution is -0.135. The predicted octanol–water partition coefficient (Wildman–Crippen LogP) is 2.75. The quantitative estimate of drug-likeness (QED) is 0.750. The van der Waals surface area contributed by atoms with Crippen molar-refractivity contribution in [3.05, 3.63) is 35.9 Å². The van der Waals surface area contributed by atoms with Crippen molar-refractivity contribution >= 4 is 5.91 Å². The van der Waals surface area contributed by atoms with Crippen molar-refractivity contribution in [2.24, 2.45) is 5.73 Å². The number of nitrogens with two attached hydrogens (primary N) is 1. The van der Waals surface area contributed by atoms with Crippen LogP contribution in [-0.2, 0) is 16.0 Å². The van der Waals surface area contributed by atoms with E-state index in [4.69, 9.17) is 10.5 Å². The zero-order valence-electron chi connectivity index (χ0n) is 14.2. The predicted molar refractivity (Wildman–Crippen MR) is 93.2 cm³/mol. The Hall–Kier alpha value is -1.39. The van der Waals surface area contributed by atoms with E-state index >= 15 is 0 Å². The molecule has 1 aliphatic heterocycles. The molecule has 1 aliphatic rings. The van der Waals surface area contributed by atoms with Gasteiger partial charge < -0.3 is 15.4 Å². The number of rotatable bonds is 8. The number of likely N-dealkylation sites (tertiary alicyclic amines) is 1. The Labute approximate surface area is 140 Å². The fraction of sp³-hybridized carbons (Fsp3) is 0.632. The molecule has 2 N–H and O–H groups in total. The molecule has 23 heavy (non-hydrogen) atoms. The molecule has 0 aliphatic carbocycles. The van der Waals surface area contributed by atoms with Crippen LogP contribution in [0.4, 0.5) is 0 Å². The van der Waals surface area contributed by atoms with Gasteiger partial charge in [0.1, 0.15) is 0 Å². The van der Waals surface area contributed by atoms with Crippen molar-refractivity contribution in [3.8, 4) is 0 Å². The molecular weight excluding hydrogens is 288 g/mol. The third-order valence-electron chi connectivity index (χ3n) is 4.53. The monoisotopic (exact) mass is 318 g/mol. The maximum atomic E-state index is 12.4. The molecule has 0 spiro atoms. The zero-order valence-corrected chi connectivity index (χ0v) is 14.2. The largest absolute Gasteiger partial charge is 0.381 e. The molecule has 1 heterocycles. The summed E-state index contributed by atoms with van der Waals surface area (Å²) in [7, 11) is 0. The molecule has 0 radical (unpaired) electrons. The molecule has 128 valence electrons. The summed E-state index contributed by atoms with van der Waals surface area (Å²) in [4.78, 5) is 14.4. The van der Waals surface area contributed by atoms with E-state index in [2.05, 4.69) is 12.1 Å². The molecule has 0 bridgehead atoms. The zero-order chi connectivity index (χ0) is 16.5. The maximum Gasteiger partial charge on any atom is 0.222 e. The van der Waals surface area contributed by atoms with Gasteiger partial charge in [-0.15, -0.1) is 0 Å². The number of carbonyl (C=O) groups is 1. The normalized spacial score (nSPS) is 19.6. The standard InChI is InChI=1S/C19H30N2O2/c1-16(20)18-10-5-6-13-21(18)19(22)11-7-14-23-15-12-17-8-3-2-4-9-17/h2-4,8-9,16,18H,5-7,10-15,20H2,1H3. The molecule has 0 saturated carbocycles. The first-order valence-electron chi connectivity index (χ1n) is 8.85. The number of carbonyl (C=O) groups excluding carboxylic acids is 1. The van der Waals surface area contributed by atoms with Gasteiger partial charge in [0.15, 0.2) is 0 Å². The van der Waals surface area contributed by atoms with E-state index in [-0.39, 0.29) is 18.0 Å². The summed E-state index contributed by atoms with van der Waals surface area (Å²) in [6.07, 6.45) is 5.59. The molecule has 1 amide bonds. The van der Waals surface area contributed by atoms with Crippen molar-refractivity contribution in [3.63, 3.8) is 0 Å². The Morgan fingerprint density at radius 2 is 2.09 bits per heavy atom. The van der Waals surface area contributed by atoms with Gasteiger partial charge in [-0.05, 0) is 44.6 Å². The Morgan fingerprint density at radius 1 is 1.30 bits per heavy atom. The summed E-state index contributed by atoms with van der Waals surface area (Å²) in [6.45, 7) is 4.22. The third kappa shape index (κ3) is 5.96. The van der Waals surface area contributed by atoms with Gasteiger partial charge in [-0.3, -0.25) is 4.79 Å². The summed E-state index contributed by atoms with van der Waals surface area (Å²) in [5.74, 6) is 0.235. The highest BCUT2D eigenvalue weighted by Crippen LogP contribution is 2.20. The van der Waals surface area contributed by atoms with E-state index in [1.807, 2.05) is 30.0 Å². The average molecular weight is 318 g/mol. The SMILES string of the molecule is CC(N)C1CCCCN1C(=O)CCCOCCc1ccccc1.